The van der Waals surface area contributed by atoms with Crippen molar-refractivity contribution >= 4 is 11.6 Å². The molecule has 0 fully saturated rings. The van der Waals surface area contributed by atoms with E-state index in [0.717, 1.165) is 35.8 Å². The predicted octanol–water partition coefficient (Wildman–Crippen LogP) is 5.41. The molecule has 124 valence electrons. The van der Waals surface area contributed by atoms with Crippen molar-refractivity contribution in [1.82, 2.24) is 5.32 Å². The zero-order valence-electron chi connectivity index (χ0n) is 14.2. The molecule has 0 saturated carbocycles. The van der Waals surface area contributed by atoms with Crippen LogP contribution in [0.4, 0.5) is 0 Å². The Morgan fingerprint density at radius 2 is 1.74 bits per heavy atom. The highest BCUT2D eigenvalue weighted by Gasteiger charge is 2.12. The number of hydrogen-bond donors (Lipinski definition) is 1. The summed E-state index contributed by atoms with van der Waals surface area (Å²) in [5.74, 6) is 1.50. The van der Waals surface area contributed by atoms with Crippen LogP contribution in [0, 0.1) is 0 Å². The topological polar surface area (TPSA) is 21.3 Å². The van der Waals surface area contributed by atoms with Crippen LogP contribution >= 0.6 is 11.6 Å². The first-order chi connectivity index (χ1) is 11.1. The average molecular weight is 332 g/mol. The van der Waals surface area contributed by atoms with Crippen LogP contribution < -0.4 is 10.1 Å². The second kappa shape index (κ2) is 8.95. The van der Waals surface area contributed by atoms with Gasteiger partial charge in [-0.15, -0.1) is 0 Å². The van der Waals surface area contributed by atoms with Gasteiger partial charge in [-0.3, -0.25) is 0 Å². The molecule has 23 heavy (non-hydrogen) atoms. The summed E-state index contributed by atoms with van der Waals surface area (Å²) in [7, 11) is 0. The Labute approximate surface area is 144 Å². The first kappa shape index (κ1) is 17.8. The number of rotatable bonds is 8. The molecule has 0 aromatic heterocycles. The van der Waals surface area contributed by atoms with Crippen LogP contribution in [0.3, 0.4) is 0 Å². The van der Waals surface area contributed by atoms with Crippen LogP contribution in [0.1, 0.15) is 44.2 Å². The molecule has 2 unspecified atom stereocenters. The van der Waals surface area contributed by atoms with Gasteiger partial charge < -0.3 is 10.1 Å². The molecule has 0 spiro atoms. The third-order valence-corrected chi connectivity index (χ3v) is 4.46. The molecule has 0 bridgehead atoms. The Bertz CT molecular complexity index is 614. The summed E-state index contributed by atoms with van der Waals surface area (Å²) >= 11 is 6.17. The molecular weight excluding hydrogens is 306 g/mol. The molecule has 2 nitrogen and oxygen atoms in total. The minimum atomic E-state index is 0.0997. The van der Waals surface area contributed by atoms with Crippen molar-refractivity contribution in [2.75, 3.05) is 6.54 Å². The molecular formula is C20H26ClNO. The lowest BCUT2D eigenvalue weighted by Gasteiger charge is -2.20. The van der Waals surface area contributed by atoms with Crippen molar-refractivity contribution in [3.05, 3.63) is 64.7 Å². The van der Waals surface area contributed by atoms with Crippen molar-refractivity contribution in [3.8, 4) is 5.75 Å². The summed E-state index contributed by atoms with van der Waals surface area (Å²) in [5.41, 5.74) is 2.40. The third-order valence-electron chi connectivity index (χ3n) is 4.10. The summed E-state index contributed by atoms with van der Waals surface area (Å²) in [6, 6.07) is 16.2. The first-order valence-corrected chi connectivity index (χ1v) is 8.69. The van der Waals surface area contributed by atoms with E-state index in [1.54, 1.807) is 0 Å². The smallest absolute Gasteiger partial charge is 0.123 e. The second-order valence-electron chi connectivity index (χ2n) is 6.00. The SMILES string of the molecule is CCC(C)c1ccccc1OC(C)CNCc1ccccc1Cl. The summed E-state index contributed by atoms with van der Waals surface area (Å²) in [4.78, 5) is 0. The molecule has 0 saturated heterocycles. The van der Waals surface area contributed by atoms with E-state index in [1.807, 2.05) is 30.3 Å². The van der Waals surface area contributed by atoms with E-state index in [1.165, 1.54) is 5.56 Å². The maximum absolute atomic E-state index is 6.17. The minimum Gasteiger partial charge on any atom is -0.489 e. The minimum absolute atomic E-state index is 0.0997. The highest BCUT2D eigenvalue weighted by atomic mass is 35.5. The number of halogens is 1. The molecule has 1 N–H and O–H groups in total. The number of hydrogen-bond acceptors (Lipinski definition) is 2. The monoisotopic (exact) mass is 331 g/mol. The zero-order chi connectivity index (χ0) is 16.7. The predicted molar refractivity (Wildman–Crippen MR) is 98.4 cm³/mol. The molecule has 0 radical (unpaired) electrons. The maximum atomic E-state index is 6.17. The van der Waals surface area contributed by atoms with E-state index in [9.17, 15) is 0 Å². The number of para-hydroxylation sites is 1. The van der Waals surface area contributed by atoms with Crippen molar-refractivity contribution < 1.29 is 4.74 Å². The van der Waals surface area contributed by atoms with E-state index >= 15 is 0 Å². The molecule has 3 heteroatoms. The molecule has 0 amide bonds. The van der Waals surface area contributed by atoms with Gasteiger partial charge in [0.15, 0.2) is 0 Å². The van der Waals surface area contributed by atoms with E-state index in [-0.39, 0.29) is 6.10 Å². The Morgan fingerprint density at radius 1 is 1.04 bits per heavy atom. The summed E-state index contributed by atoms with van der Waals surface area (Å²) in [6.07, 6.45) is 1.21. The van der Waals surface area contributed by atoms with Crippen LogP contribution in [-0.2, 0) is 6.54 Å². The number of ether oxygens (including phenoxy) is 1. The lowest BCUT2D eigenvalue weighted by Crippen LogP contribution is -2.29. The van der Waals surface area contributed by atoms with Gasteiger partial charge >= 0.3 is 0 Å². The van der Waals surface area contributed by atoms with Gasteiger partial charge in [-0.2, -0.15) is 0 Å². The lowest BCUT2D eigenvalue weighted by molar-refractivity contribution is 0.214. The molecule has 2 atom stereocenters. The Hall–Kier alpha value is -1.51. The van der Waals surface area contributed by atoms with Gasteiger partial charge in [-0.05, 0) is 42.5 Å². The molecule has 2 aromatic carbocycles. The fraction of sp³-hybridized carbons (Fsp3) is 0.400. The Morgan fingerprint density at radius 3 is 2.48 bits per heavy atom. The molecule has 0 aliphatic heterocycles. The van der Waals surface area contributed by atoms with Crippen LogP contribution in [0.2, 0.25) is 5.02 Å². The van der Waals surface area contributed by atoms with E-state index in [2.05, 4.69) is 44.3 Å². The van der Waals surface area contributed by atoms with Gasteiger partial charge in [0.2, 0.25) is 0 Å². The van der Waals surface area contributed by atoms with Gasteiger partial charge in [0.05, 0.1) is 0 Å². The maximum Gasteiger partial charge on any atom is 0.123 e. The largest absolute Gasteiger partial charge is 0.489 e. The van der Waals surface area contributed by atoms with Gasteiger partial charge in [0.1, 0.15) is 11.9 Å². The van der Waals surface area contributed by atoms with Gasteiger partial charge in [-0.1, -0.05) is 61.8 Å². The van der Waals surface area contributed by atoms with Crippen LogP contribution in [0.25, 0.3) is 0 Å². The summed E-state index contributed by atoms with van der Waals surface area (Å²) < 4.78 is 6.14. The zero-order valence-corrected chi connectivity index (χ0v) is 14.9. The molecule has 2 aromatic rings. The van der Waals surface area contributed by atoms with Crippen molar-refractivity contribution in [1.29, 1.82) is 0 Å². The fourth-order valence-corrected chi connectivity index (χ4v) is 2.73. The van der Waals surface area contributed by atoms with Crippen molar-refractivity contribution in [2.45, 2.75) is 45.8 Å². The molecule has 2 rings (SSSR count). The van der Waals surface area contributed by atoms with Crippen LogP contribution in [0.15, 0.2) is 48.5 Å². The summed E-state index contributed by atoms with van der Waals surface area (Å²) in [5, 5.41) is 4.22. The van der Waals surface area contributed by atoms with Crippen molar-refractivity contribution in [3.63, 3.8) is 0 Å². The second-order valence-corrected chi connectivity index (χ2v) is 6.41. The lowest BCUT2D eigenvalue weighted by atomic mass is 9.98. The van der Waals surface area contributed by atoms with E-state index in [0.29, 0.717) is 5.92 Å². The summed E-state index contributed by atoms with van der Waals surface area (Å²) in [6.45, 7) is 8.06. The first-order valence-electron chi connectivity index (χ1n) is 8.31. The van der Waals surface area contributed by atoms with Crippen LogP contribution in [0.5, 0.6) is 5.75 Å². The fourth-order valence-electron chi connectivity index (χ4n) is 2.53. The van der Waals surface area contributed by atoms with Crippen molar-refractivity contribution in [2.24, 2.45) is 0 Å². The number of benzene rings is 2. The molecule has 0 heterocycles. The van der Waals surface area contributed by atoms with Gasteiger partial charge in [0, 0.05) is 18.1 Å². The quantitative estimate of drug-likeness (QED) is 0.698. The third kappa shape index (κ3) is 5.26. The highest BCUT2D eigenvalue weighted by Crippen LogP contribution is 2.29. The molecule has 0 aliphatic rings. The highest BCUT2D eigenvalue weighted by molar-refractivity contribution is 6.31. The van der Waals surface area contributed by atoms with E-state index in [4.69, 9.17) is 16.3 Å². The normalized spacial score (nSPS) is 13.6. The number of nitrogens with one attached hydrogen (secondary N) is 1. The van der Waals surface area contributed by atoms with Gasteiger partial charge in [0.25, 0.3) is 0 Å². The Balaban J connectivity index is 1.88. The Kier molecular flexibility index (Phi) is 6.94. The average Bonchev–Trinajstić information content (AvgIpc) is 2.56. The molecule has 0 aliphatic carbocycles. The standard InChI is InChI=1S/C20H26ClNO/c1-4-15(2)18-10-6-8-12-20(18)23-16(3)13-22-14-17-9-5-7-11-19(17)21/h5-12,15-16,22H,4,13-14H2,1-3H3. The van der Waals surface area contributed by atoms with Gasteiger partial charge in [-0.25, -0.2) is 0 Å². The van der Waals surface area contributed by atoms with E-state index < -0.39 is 0 Å². The van der Waals surface area contributed by atoms with Crippen LogP contribution in [-0.4, -0.2) is 12.6 Å².